The summed E-state index contributed by atoms with van der Waals surface area (Å²) in [5.41, 5.74) is 0.682. The summed E-state index contributed by atoms with van der Waals surface area (Å²) in [5, 5.41) is 11.6. The first-order valence-electron chi connectivity index (χ1n) is 5.59. The highest BCUT2D eigenvalue weighted by Crippen LogP contribution is 2.28. The number of furan rings is 1. The van der Waals surface area contributed by atoms with Gasteiger partial charge in [0.1, 0.15) is 17.4 Å². The van der Waals surface area contributed by atoms with Gasteiger partial charge in [-0.2, -0.15) is 0 Å². The SMILES string of the molecule is Cc1oc(C(=O)O)cc1CNc1c(F)cc(F)cc1Br. The largest absolute Gasteiger partial charge is 0.475 e. The van der Waals surface area contributed by atoms with Crippen LogP contribution < -0.4 is 5.32 Å². The van der Waals surface area contributed by atoms with E-state index in [0.717, 1.165) is 12.1 Å². The molecule has 106 valence electrons. The minimum absolute atomic E-state index is 0.101. The summed E-state index contributed by atoms with van der Waals surface area (Å²) in [5.74, 6) is -2.36. The summed E-state index contributed by atoms with van der Waals surface area (Å²) >= 11 is 3.06. The molecule has 4 nitrogen and oxygen atoms in total. The van der Waals surface area contributed by atoms with Crippen LogP contribution in [0.1, 0.15) is 21.9 Å². The molecule has 1 heterocycles. The van der Waals surface area contributed by atoms with Crippen LogP contribution in [-0.2, 0) is 6.54 Å². The molecule has 2 N–H and O–H groups in total. The molecule has 0 fully saturated rings. The van der Waals surface area contributed by atoms with Gasteiger partial charge in [-0.3, -0.25) is 0 Å². The van der Waals surface area contributed by atoms with Crippen LogP contribution in [0.25, 0.3) is 0 Å². The first kappa shape index (κ1) is 14.5. The van der Waals surface area contributed by atoms with Crippen LogP contribution in [0.2, 0.25) is 0 Å². The number of benzene rings is 1. The standard InChI is InChI=1S/C13H10BrF2NO3/c1-6-7(2-11(20-6)13(18)19)5-17-12-9(14)3-8(15)4-10(12)16/h2-4,17H,5H2,1H3,(H,18,19). The number of aryl methyl sites for hydroxylation is 1. The normalized spacial score (nSPS) is 10.6. The number of hydrogen-bond donors (Lipinski definition) is 2. The van der Waals surface area contributed by atoms with Crippen molar-refractivity contribution in [1.29, 1.82) is 0 Å². The second kappa shape index (κ2) is 5.62. The molecule has 0 spiro atoms. The van der Waals surface area contributed by atoms with Crippen molar-refractivity contribution in [3.63, 3.8) is 0 Å². The Labute approximate surface area is 121 Å². The lowest BCUT2D eigenvalue weighted by Gasteiger charge is -2.09. The maximum Gasteiger partial charge on any atom is 0.371 e. The number of carboxylic acids is 1. The minimum atomic E-state index is -1.17. The van der Waals surface area contributed by atoms with E-state index >= 15 is 0 Å². The smallest absolute Gasteiger partial charge is 0.371 e. The Morgan fingerprint density at radius 1 is 1.40 bits per heavy atom. The molecule has 0 bridgehead atoms. The highest BCUT2D eigenvalue weighted by atomic mass is 79.9. The predicted octanol–water partition coefficient (Wildman–Crippen LogP) is 3.94. The van der Waals surface area contributed by atoms with Crippen molar-refractivity contribution < 1.29 is 23.1 Å². The van der Waals surface area contributed by atoms with Crippen LogP contribution in [0.15, 0.2) is 27.1 Å². The molecule has 0 amide bonds. The Hall–Kier alpha value is -1.89. The van der Waals surface area contributed by atoms with Crippen LogP contribution in [0.4, 0.5) is 14.5 Å². The van der Waals surface area contributed by atoms with Gasteiger partial charge < -0.3 is 14.8 Å². The molecule has 0 aliphatic carbocycles. The molecule has 0 saturated carbocycles. The molecule has 1 aromatic carbocycles. The molecule has 0 saturated heterocycles. The molecule has 0 aliphatic rings. The summed E-state index contributed by atoms with van der Waals surface area (Å²) in [7, 11) is 0. The molecule has 1 aromatic heterocycles. The maximum absolute atomic E-state index is 13.6. The van der Waals surface area contributed by atoms with E-state index in [-0.39, 0.29) is 22.5 Å². The van der Waals surface area contributed by atoms with E-state index in [1.54, 1.807) is 6.92 Å². The van der Waals surface area contributed by atoms with E-state index in [9.17, 15) is 13.6 Å². The van der Waals surface area contributed by atoms with E-state index in [4.69, 9.17) is 9.52 Å². The van der Waals surface area contributed by atoms with E-state index in [0.29, 0.717) is 11.3 Å². The Bertz CT molecular complexity index is 647. The third kappa shape index (κ3) is 2.98. The van der Waals surface area contributed by atoms with Crippen LogP contribution in [-0.4, -0.2) is 11.1 Å². The quantitative estimate of drug-likeness (QED) is 0.880. The molecular formula is C13H10BrF2NO3. The maximum atomic E-state index is 13.6. The van der Waals surface area contributed by atoms with Gasteiger partial charge in [-0.25, -0.2) is 13.6 Å². The lowest BCUT2D eigenvalue weighted by Crippen LogP contribution is -2.03. The highest BCUT2D eigenvalue weighted by Gasteiger charge is 2.14. The van der Waals surface area contributed by atoms with Gasteiger partial charge in [-0.15, -0.1) is 0 Å². The summed E-state index contributed by atoms with van der Waals surface area (Å²) in [6.07, 6.45) is 0. The molecule has 0 aliphatic heterocycles. The summed E-state index contributed by atoms with van der Waals surface area (Å²) in [6.45, 7) is 1.77. The topological polar surface area (TPSA) is 62.5 Å². The fourth-order valence-electron chi connectivity index (χ4n) is 1.70. The summed E-state index contributed by atoms with van der Waals surface area (Å²) < 4.78 is 31.8. The van der Waals surface area contributed by atoms with Crippen LogP contribution in [0.3, 0.4) is 0 Å². The average molecular weight is 346 g/mol. The molecule has 2 rings (SSSR count). The van der Waals surface area contributed by atoms with Gasteiger partial charge in [0.2, 0.25) is 5.76 Å². The fourth-order valence-corrected chi connectivity index (χ4v) is 2.24. The number of nitrogens with one attached hydrogen (secondary N) is 1. The fraction of sp³-hybridized carbons (Fsp3) is 0.154. The van der Waals surface area contributed by atoms with Gasteiger partial charge in [0.05, 0.1) is 5.69 Å². The number of aromatic carboxylic acids is 1. The van der Waals surface area contributed by atoms with Crippen LogP contribution in [0.5, 0.6) is 0 Å². The number of carboxylic acid groups (broad SMARTS) is 1. The van der Waals surface area contributed by atoms with Crippen LogP contribution >= 0.6 is 15.9 Å². The van der Waals surface area contributed by atoms with Crippen molar-refractivity contribution in [2.24, 2.45) is 0 Å². The number of rotatable bonds is 4. The van der Waals surface area contributed by atoms with Gasteiger partial charge in [0.15, 0.2) is 0 Å². The van der Waals surface area contributed by atoms with Crippen LogP contribution in [0, 0.1) is 18.6 Å². The lowest BCUT2D eigenvalue weighted by atomic mass is 10.2. The second-order valence-electron chi connectivity index (χ2n) is 4.10. The van der Waals surface area contributed by atoms with Gasteiger partial charge in [0, 0.05) is 22.6 Å². The van der Waals surface area contributed by atoms with Crippen molar-refractivity contribution in [2.75, 3.05) is 5.32 Å². The first-order chi connectivity index (χ1) is 9.38. The summed E-state index contributed by atoms with van der Waals surface area (Å²) in [4.78, 5) is 10.8. The monoisotopic (exact) mass is 345 g/mol. The van der Waals surface area contributed by atoms with Gasteiger partial charge in [-0.05, 0) is 35.0 Å². The van der Waals surface area contributed by atoms with Gasteiger partial charge >= 0.3 is 5.97 Å². The zero-order valence-corrected chi connectivity index (χ0v) is 11.9. The van der Waals surface area contributed by atoms with E-state index in [2.05, 4.69) is 21.2 Å². The van der Waals surface area contributed by atoms with E-state index in [1.807, 2.05) is 0 Å². The molecule has 0 radical (unpaired) electrons. The van der Waals surface area contributed by atoms with Crippen molar-refractivity contribution in [3.05, 3.63) is 51.4 Å². The second-order valence-corrected chi connectivity index (χ2v) is 4.95. The molecular weight excluding hydrogens is 336 g/mol. The zero-order valence-electron chi connectivity index (χ0n) is 10.3. The molecule has 20 heavy (non-hydrogen) atoms. The van der Waals surface area contributed by atoms with Crippen molar-refractivity contribution in [1.82, 2.24) is 0 Å². The number of halogens is 3. The zero-order chi connectivity index (χ0) is 14.9. The summed E-state index contributed by atoms with van der Waals surface area (Å²) in [6, 6.07) is 3.26. The predicted molar refractivity (Wildman–Crippen MR) is 71.8 cm³/mol. The lowest BCUT2D eigenvalue weighted by molar-refractivity contribution is 0.0661. The molecule has 2 aromatic rings. The van der Waals surface area contributed by atoms with Crippen molar-refractivity contribution in [3.8, 4) is 0 Å². The van der Waals surface area contributed by atoms with E-state index in [1.165, 1.54) is 6.07 Å². The number of anilines is 1. The Morgan fingerprint density at radius 2 is 2.10 bits per heavy atom. The third-order valence-corrected chi connectivity index (χ3v) is 3.32. The average Bonchev–Trinajstić information content (AvgIpc) is 2.70. The number of carbonyl (C=O) groups is 1. The van der Waals surface area contributed by atoms with E-state index < -0.39 is 17.6 Å². The molecule has 0 unspecified atom stereocenters. The Balaban J connectivity index is 2.19. The third-order valence-electron chi connectivity index (χ3n) is 2.69. The number of hydrogen-bond acceptors (Lipinski definition) is 3. The van der Waals surface area contributed by atoms with Gasteiger partial charge in [0.25, 0.3) is 0 Å². The van der Waals surface area contributed by atoms with Gasteiger partial charge in [-0.1, -0.05) is 0 Å². The Morgan fingerprint density at radius 3 is 2.65 bits per heavy atom. The highest BCUT2D eigenvalue weighted by molar-refractivity contribution is 9.10. The first-order valence-corrected chi connectivity index (χ1v) is 6.39. The minimum Gasteiger partial charge on any atom is -0.475 e. The van der Waals surface area contributed by atoms with Crippen molar-refractivity contribution >= 4 is 27.6 Å². The molecule has 0 atom stereocenters. The van der Waals surface area contributed by atoms with Crippen molar-refractivity contribution in [2.45, 2.75) is 13.5 Å². The Kier molecular flexibility index (Phi) is 4.08. The molecule has 7 heteroatoms.